The maximum absolute atomic E-state index is 11.7. The molecule has 0 fully saturated rings. The fraction of sp³-hybridized carbons (Fsp3) is 0.778. The van der Waals surface area contributed by atoms with Crippen molar-refractivity contribution in [3.63, 3.8) is 0 Å². The van der Waals surface area contributed by atoms with Crippen molar-refractivity contribution in [3.05, 3.63) is 6.20 Å². The molecule has 1 aromatic heterocycles. The molecule has 2 unspecified atom stereocenters. The Kier molecular flexibility index (Phi) is 9.90. The second-order valence-corrected chi connectivity index (χ2v) is 8.50. The standard InChI is InChI=1S/C18H33N3O4S/c1-6-13(2)8-7-9-24-16(23)21-15-11-19-17(26-15)25-12-14(22)10-20-18(3,4)5/h11,13-14,20,22H,6-10,12H2,1-5H3,(H,21,23). The van der Waals surface area contributed by atoms with Gasteiger partial charge in [0.25, 0.3) is 5.19 Å². The van der Waals surface area contributed by atoms with Crippen molar-refractivity contribution < 1.29 is 19.4 Å². The third-order valence-electron chi connectivity index (χ3n) is 3.75. The molecule has 26 heavy (non-hydrogen) atoms. The van der Waals surface area contributed by atoms with Gasteiger partial charge in [0.2, 0.25) is 0 Å². The van der Waals surface area contributed by atoms with E-state index < -0.39 is 12.2 Å². The van der Waals surface area contributed by atoms with Gasteiger partial charge in [-0.3, -0.25) is 5.32 Å². The third-order valence-corrected chi connectivity index (χ3v) is 4.57. The predicted octanol–water partition coefficient (Wildman–Crippen LogP) is 3.65. The summed E-state index contributed by atoms with van der Waals surface area (Å²) in [4.78, 5) is 15.8. The number of thiazole rings is 1. The van der Waals surface area contributed by atoms with Gasteiger partial charge in [0, 0.05) is 12.1 Å². The minimum Gasteiger partial charge on any atom is -0.467 e. The monoisotopic (exact) mass is 387 g/mol. The molecule has 0 aromatic carbocycles. The highest BCUT2D eigenvalue weighted by atomic mass is 32.1. The lowest BCUT2D eigenvalue weighted by molar-refractivity contribution is 0.0999. The van der Waals surface area contributed by atoms with Crippen LogP contribution in [-0.4, -0.2) is 47.6 Å². The van der Waals surface area contributed by atoms with Crippen molar-refractivity contribution in [1.82, 2.24) is 10.3 Å². The maximum Gasteiger partial charge on any atom is 0.412 e. The van der Waals surface area contributed by atoms with E-state index in [1.165, 1.54) is 17.5 Å². The van der Waals surface area contributed by atoms with E-state index in [-0.39, 0.29) is 12.1 Å². The van der Waals surface area contributed by atoms with Gasteiger partial charge in [-0.25, -0.2) is 9.78 Å². The topological polar surface area (TPSA) is 92.7 Å². The summed E-state index contributed by atoms with van der Waals surface area (Å²) in [6, 6.07) is 0. The Balaban J connectivity index is 2.24. The Bertz CT molecular complexity index is 531. The number of aromatic nitrogens is 1. The zero-order valence-electron chi connectivity index (χ0n) is 16.5. The molecule has 0 bridgehead atoms. The summed E-state index contributed by atoms with van der Waals surface area (Å²) in [6.45, 7) is 11.4. The Hall–Kier alpha value is -1.38. The van der Waals surface area contributed by atoms with Crippen LogP contribution in [-0.2, 0) is 4.74 Å². The summed E-state index contributed by atoms with van der Waals surface area (Å²) in [7, 11) is 0. The van der Waals surface area contributed by atoms with Crippen molar-refractivity contribution in [2.75, 3.05) is 25.1 Å². The summed E-state index contributed by atoms with van der Waals surface area (Å²) in [6.07, 6.45) is 3.44. The van der Waals surface area contributed by atoms with Crippen molar-refractivity contribution >= 4 is 22.4 Å². The van der Waals surface area contributed by atoms with Gasteiger partial charge in [-0.2, -0.15) is 0 Å². The largest absolute Gasteiger partial charge is 0.467 e. The summed E-state index contributed by atoms with van der Waals surface area (Å²) >= 11 is 1.20. The lowest BCUT2D eigenvalue weighted by atomic mass is 10.0. The zero-order chi connectivity index (χ0) is 19.6. The van der Waals surface area contributed by atoms with Crippen molar-refractivity contribution in [3.8, 4) is 5.19 Å². The number of ether oxygens (including phenoxy) is 2. The maximum atomic E-state index is 11.7. The van der Waals surface area contributed by atoms with Crippen molar-refractivity contribution in [2.45, 2.75) is 65.5 Å². The molecule has 7 nitrogen and oxygen atoms in total. The first-order chi connectivity index (χ1) is 12.2. The highest BCUT2D eigenvalue weighted by Gasteiger charge is 2.14. The lowest BCUT2D eigenvalue weighted by Gasteiger charge is -2.22. The third kappa shape index (κ3) is 10.6. The predicted molar refractivity (Wildman–Crippen MR) is 105 cm³/mol. The van der Waals surface area contributed by atoms with E-state index in [0.29, 0.717) is 29.3 Å². The molecule has 0 aliphatic rings. The van der Waals surface area contributed by atoms with E-state index in [2.05, 4.69) is 29.5 Å². The number of carbonyl (C=O) groups is 1. The minimum absolute atomic E-state index is 0.0613. The van der Waals surface area contributed by atoms with Crippen LogP contribution in [0.4, 0.5) is 9.80 Å². The summed E-state index contributed by atoms with van der Waals surface area (Å²) in [5.41, 5.74) is -0.0613. The van der Waals surface area contributed by atoms with Gasteiger partial charge in [0.1, 0.15) is 17.7 Å². The zero-order valence-corrected chi connectivity index (χ0v) is 17.3. The Morgan fingerprint density at radius 2 is 2.15 bits per heavy atom. The van der Waals surface area contributed by atoms with Crippen LogP contribution in [0, 0.1) is 5.92 Å². The first-order valence-electron chi connectivity index (χ1n) is 9.15. The number of hydrogen-bond donors (Lipinski definition) is 3. The first kappa shape index (κ1) is 22.7. The van der Waals surface area contributed by atoms with Gasteiger partial charge in [-0.15, -0.1) is 0 Å². The molecule has 3 N–H and O–H groups in total. The van der Waals surface area contributed by atoms with Gasteiger partial charge in [-0.1, -0.05) is 31.6 Å². The Morgan fingerprint density at radius 1 is 1.42 bits per heavy atom. The molecular formula is C18H33N3O4S. The molecule has 0 saturated heterocycles. The van der Waals surface area contributed by atoms with Crippen LogP contribution in [0.3, 0.4) is 0 Å². The molecule has 1 aromatic rings. The van der Waals surface area contributed by atoms with Gasteiger partial charge >= 0.3 is 6.09 Å². The molecule has 1 amide bonds. The molecule has 8 heteroatoms. The van der Waals surface area contributed by atoms with E-state index in [4.69, 9.17) is 9.47 Å². The van der Waals surface area contributed by atoms with Crippen LogP contribution in [0.2, 0.25) is 0 Å². The number of β-amino-alcohol motifs (C(OH)–C–C–N with tert-alkyl or cyclic N) is 1. The highest BCUT2D eigenvalue weighted by molar-refractivity contribution is 7.17. The van der Waals surface area contributed by atoms with E-state index in [9.17, 15) is 9.90 Å². The number of hydrogen-bond acceptors (Lipinski definition) is 7. The Labute approximate surface area is 160 Å². The second-order valence-electron chi connectivity index (χ2n) is 7.50. The second kappa shape index (κ2) is 11.4. The normalized spacial score (nSPS) is 13.9. The molecule has 1 rings (SSSR count). The highest BCUT2D eigenvalue weighted by Crippen LogP contribution is 2.25. The van der Waals surface area contributed by atoms with Crippen LogP contribution in [0.25, 0.3) is 0 Å². The van der Waals surface area contributed by atoms with E-state index in [1.807, 2.05) is 20.8 Å². The fourth-order valence-electron chi connectivity index (χ4n) is 1.97. The van der Waals surface area contributed by atoms with Gasteiger partial charge < -0.3 is 19.9 Å². The van der Waals surface area contributed by atoms with Gasteiger partial charge in [-0.05, 0) is 39.5 Å². The number of aliphatic hydroxyl groups is 1. The van der Waals surface area contributed by atoms with Gasteiger partial charge in [0.15, 0.2) is 0 Å². The molecule has 0 radical (unpaired) electrons. The van der Waals surface area contributed by atoms with Gasteiger partial charge in [0.05, 0.1) is 12.8 Å². The average molecular weight is 388 g/mol. The molecule has 150 valence electrons. The van der Waals surface area contributed by atoms with Crippen molar-refractivity contribution in [2.24, 2.45) is 5.92 Å². The Morgan fingerprint density at radius 3 is 2.81 bits per heavy atom. The molecule has 0 aliphatic heterocycles. The molecular weight excluding hydrogens is 354 g/mol. The lowest BCUT2D eigenvalue weighted by Crippen LogP contribution is -2.42. The average Bonchev–Trinajstić information content (AvgIpc) is 3.01. The number of rotatable bonds is 11. The van der Waals surface area contributed by atoms with Crippen LogP contribution >= 0.6 is 11.3 Å². The number of amides is 1. The van der Waals surface area contributed by atoms with Crippen LogP contribution in [0.15, 0.2) is 6.20 Å². The molecule has 1 heterocycles. The van der Waals surface area contributed by atoms with E-state index in [1.54, 1.807) is 0 Å². The van der Waals surface area contributed by atoms with Crippen LogP contribution in [0.5, 0.6) is 5.19 Å². The van der Waals surface area contributed by atoms with Crippen LogP contribution in [0.1, 0.15) is 53.9 Å². The molecule has 0 aliphatic carbocycles. The quantitative estimate of drug-likeness (QED) is 0.502. The number of nitrogens with one attached hydrogen (secondary N) is 2. The minimum atomic E-state index is -0.634. The number of anilines is 1. The molecule has 0 spiro atoms. The van der Waals surface area contributed by atoms with Crippen LogP contribution < -0.4 is 15.4 Å². The first-order valence-corrected chi connectivity index (χ1v) is 9.96. The fourth-order valence-corrected chi connectivity index (χ4v) is 2.63. The van der Waals surface area contributed by atoms with E-state index in [0.717, 1.165) is 19.3 Å². The summed E-state index contributed by atoms with van der Waals surface area (Å²) in [5, 5.41) is 16.7. The number of nitrogens with zero attached hydrogens (tertiary/aromatic N) is 1. The SMILES string of the molecule is CCC(C)CCCOC(=O)Nc1cnc(OCC(O)CNC(C)(C)C)s1. The van der Waals surface area contributed by atoms with E-state index >= 15 is 0 Å². The molecule has 0 saturated carbocycles. The number of aliphatic hydroxyl groups excluding tert-OH is 1. The smallest absolute Gasteiger partial charge is 0.412 e. The molecule has 2 atom stereocenters. The van der Waals surface area contributed by atoms with Crippen molar-refractivity contribution in [1.29, 1.82) is 0 Å². The number of carbonyl (C=O) groups excluding carboxylic acids is 1. The summed E-state index contributed by atoms with van der Waals surface area (Å²) < 4.78 is 10.6. The summed E-state index contributed by atoms with van der Waals surface area (Å²) in [5.74, 6) is 0.650.